The van der Waals surface area contributed by atoms with E-state index in [-0.39, 0.29) is 5.41 Å². The molecule has 0 aliphatic heterocycles. The van der Waals surface area contributed by atoms with Crippen molar-refractivity contribution >= 4 is 0 Å². The summed E-state index contributed by atoms with van der Waals surface area (Å²) >= 11 is 0. The molecule has 1 heterocycles. The van der Waals surface area contributed by atoms with Gasteiger partial charge in [-0.25, -0.2) is 0 Å². The highest BCUT2D eigenvalue weighted by molar-refractivity contribution is 5.30. The Labute approximate surface area is 116 Å². The van der Waals surface area contributed by atoms with Crippen LogP contribution >= 0.6 is 0 Å². The molecule has 1 aromatic heterocycles. The minimum absolute atomic E-state index is 0.230. The van der Waals surface area contributed by atoms with Crippen LogP contribution in [-0.4, -0.2) is 11.1 Å². The smallest absolute Gasteiger partial charge is 0.0684 e. The first-order valence-corrected chi connectivity index (χ1v) is 7.39. The van der Waals surface area contributed by atoms with E-state index >= 15 is 0 Å². The molecule has 0 aromatic carbocycles. The first-order valence-electron chi connectivity index (χ1n) is 7.39. The zero-order valence-corrected chi connectivity index (χ0v) is 12.4. The molecule has 1 aliphatic carbocycles. The van der Waals surface area contributed by atoms with Gasteiger partial charge < -0.3 is 9.88 Å². The minimum Gasteiger partial charge on any atom is -0.354 e. The van der Waals surface area contributed by atoms with Gasteiger partial charge in [-0.1, -0.05) is 6.92 Å². The first kappa shape index (κ1) is 14.1. The summed E-state index contributed by atoms with van der Waals surface area (Å²) in [5.41, 5.74) is 2.74. The van der Waals surface area contributed by atoms with E-state index in [1.807, 2.05) is 13.8 Å². The molecule has 1 aromatic rings. The van der Waals surface area contributed by atoms with Gasteiger partial charge in [0.25, 0.3) is 0 Å². The molecule has 1 atom stereocenters. The molecular formula is C16H25N3. The average Bonchev–Trinajstić information content (AvgIpc) is 2.81. The number of nitrogens with zero attached hydrogens (tertiary/aromatic N) is 2. The zero-order valence-electron chi connectivity index (χ0n) is 12.4. The lowest BCUT2D eigenvalue weighted by Crippen LogP contribution is -2.23. The number of aromatic nitrogens is 1. The summed E-state index contributed by atoms with van der Waals surface area (Å²) < 4.78 is 2.28. The van der Waals surface area contributed by atoms with E-state index in [0.29, 0.717) is 6.04 Å². The zero-order chi connectivity index (χ0) is 13.9. The summed E-state index contributed by atoms with van der Waals surface area (Å²) in [7, 11) is 0. The van der Waals surface area contributed by atoms with Gasteiger partial charge in [0.2, 0.25) is 0 Å². The molecule has 1 unspecified atom stereocenters. The fraction of sp³-hybridized carbons (Fsp3) is 0.688. The van der Waals surface area contributed by atoms with E-state index in [4.69, 9.17) is 5.26 Å². The number of fused-ring (bicyclic) bond motifs is 1. The standard InChI is InChI=1S/C16H25N3/c1-4-18-15-7-5-6-13-10-19(11-14(13)15)9-8-16(2,3)12-17/h10-11,15,18H,4-9H2,1-3H3. The second kappa shape index (κ2) is 5.79. The second-order valence-corrected chi connectivity index (χ2v) is 6.22. The molecule has 19 heavy (non-hydrogen) atoms. The third-order valence-electron chi connectivity index (χ3n) is 4.06. The molecule has 3 nitrogen and oxygen atoms in total. The largest absolute Gasteiger partial charge is 0.354 e. The molecule has 0 fully saturated rings. The third kappa shape index (κ3) is 3.39. The van der Waals surface area contributed by atoms with Crippen molar-refractivity contribution < 1.29 is 0 Å². The van der Waals surface area contributed by atoms with Gasteiger partial charge in [-0.15, -0.1) is 0 Å². The van der Waals surface area contributed by atoms with Crippen LogP contribution < -0.4 is 5.32 Å². The summed E-state index contributed by atoms with van der Waals surface area (Å²) in [6.45, 7) is 8.15. The van der Waals surface area contributed by atoms with E-state index < -0.39 is 0 Å². The molecule has 104 valence electrons. The van der Waals surface area contributed by atoms with Gasteiger partial charge in [-0.3, -0.25) is 0 Å². The highest BCUT2D eigenvalue weighted by Gasteiger charge is 2.22. The predicted molar refractivity (Wildman–Crippen MR) is 77.8 cm³/mol. The maximum absolute atomic E-state index is 9.08. The van der Waals surface area contributed by atoms with Gasteiger partial charge in [0.15, 0.2) is 0 Å². The van der Waals surface area contributed by atoms with Crippen LogP contribution in [0.25, 0.3) is 0 Å². The van der Waals surface area contributed by atoms with Crippen molar-refractivity contribution in [3.8, 4) is 6.07 Å². The van der Waals surface area contributed by atoms with Crippen molar-refractivity contribution in [3.05, 3.63) is 23.5 Å². The van der Waals surface area contributed by atoms with Gasteiger partial charge in [0.1, 0.15) is 0 Å². The van der Waals surface area contributed by atoms with Crippen molar-refractivity contribution in [1.82, 2.24) is 9.88 Å². The molecule has 0 saturated heterocycles. The summed E-state index contributed by atoms with van der Waals surface area (Å²) in [5, 5.41) is 12.6. The molecule has 1 N–H and O–H groups in total. The maximum Gasteiger partial charge on any atom is 0.0684 e. The van der Waals surface area contributed by atoms with E-state index in [0.717, 1.165) is 19.5 Å². The number of rotatable bonds is 5. The minimum atomic E-state index is -0.230. The van der Waals surface area contributed by atoms with Crippen LogP contribution in [0.2, 0.25) is 0 Å². The lowest BCUT2D eigenvalue weighted by Gasteiger charge is -2.22. The fourth-order valence-corrected chi connectivity index (χ4v) is 2.80. The van der Waals surface area contributed by atoms with Crippen molar-refractivity contribution in [3.63, 3.8) is 0 Å². The Kier molecular flexibility index (Phi) is 4.31. The van der Waals surface area contributed by atoms with Gasteiger partial charge >= 0.3 is 0 Å². The fourth-order valence-electron chi connectivity index (χ4n) is 2.80. The molecule has 0 saturated carbocycles. The van der Waals surface area contributed by atoms with Crippen LogP contribution in [0.15, 0.2) is 12.4 Å². The van der Waals surface area contributed by atoms with Crippen LogP contribution in [-0.2, 0) is 13.0 Å². The van der Waals surface area contributed by atoms with Crippen LogP contribution in [0.5, 0.6) is 0 Å². The number of nitriles is 1. The lowest BCUT2D eigenvalue weighted by molar-refractivity contribution is 0.413. The molecule has 2 rings (SSSR count). The summed E-state index contributed by atoms with van der Waals surface area (Å²) in [6.07, 6.45) is 9.20. The normalized spacial score (nSPS) is 18.9. The van der Waals surface area contributed by atoms with Crippen LogP contribution in [0.1, 0.15) is 57.2 Å². The first-order chi connectivity index (χ1) is 9.05. The Bertz CT molecular complexity index is 465. The van der Waals surface area contributed by atoms with Crippen molar-refractivity contribution in [2.45, 2.75) is 59.0 Å². The maximum atomic E-state index is 9.08. The predicted octanol–water partition coefficient (Wildman–Crippen LogP) is 3.41. The van der Waals surface area contributed by atoms with Crippen LogP contribution in [0, 0.1) is 16.7 Å². The highest BCUT2D eigenvalue weighted by Crippen LogP contribution is 2.31. The highest BCUT2D eigenvalue weighted by atomic mass is 15.0. The second-order valence-electron chi connectivity index (χ2n) is 6.22. The summed E-state index contributed by atoms with van der Waals surface area (Å²) in [4.78, 5) is 0. The van der Waals surface area contributed by atoms with Crippen molar-refractivity contribution in [1.29, 1.82) is 5.26 Å². The number of hydrogen-bond acceptors (Lipinski definition) is 2. The van der Waals surface area contributed by atoms with E-state index in [2.05, 4.69) is 35.3 Å². The van der Waals surface area contributed by atoms with Crippen LogP contribution in [0.3, 0.4) is 0 Å². The topological polar surface area (TPSA) is 40.8 Å². The molecule has 3 heteroatoms. The van der Waals surface area contributed by atoms with Crippen molar-refractivity contribution in [2.24, 2.45) is 5.41 Å². The molecule has 0 amide bonds. The Morgan fingerprint density at radius 2 is 2.26 bits per heavy atom. The van der Waals surface area contributed by atoms with Crippen LogP contribution in [0.4, 0.5) is 0 Å². The van der Waals surface area contributed by atoms with E-state index in [1.165, 1.54) is 30.4 Å². The van der Waals surface area contributed by atoms with E-state index in [1.54, 1.807) is 0 Å². The molecule has 0 radical (unpaired) electrons. The quantitative estimate of drug-likeness (QED) is 0.880. The van der Waals surface area contributed by atoms with Gasteiger partial charge in [0, 0.05) is 25.0 Å². The van der Waals surface area contributed by atoms with Crippen molar-refractivity contribution in [2.75, 3.05) is 6.54 Å². The van der Waals surface area contributed by atoms with Gasteiger partial charge in [-0.05, 0) is 57.2 Å². The van der Waals surface area contributed by atoms with E-state index in [9.17, 15) is 0 Å². The Hall–Kier alpha value is -1.27. The Morgan fingerprint density at radius 1 is 1.47 bits per heavy atom. The molecule has 0 spiro atoms. The Morgan fingerprint density at radius 3 is 2.95 bits per heavy atom. The summed E-state index contributed by atoms with van der Waals surface area (Å²) in [5.74, 6) is 0. The molecule has 1 aliphatic rings. The molecule has 0 bridgehead atoms. The van der Waals surface area contributed by atoms with Gasteiger partial charge in [-0.2, -0.15) is 5.26 Å². The molecular weight excluding hydrogens is 234 g/mol. The number of hydrogen-bond donors (Lipinski definition) is 1. The number of aryl methyl sites for hydroxylation is 2. The summed E-state index contributed by atoms with van der Waals surface area (Å²) in [6, 6.07) is 2.90. The SMILES string of the molecule is CCNC1CCCc2cn(CCC(C)(C)C#N)cc21. The Balaban J connectivity index is 2.07. The number of nitrogens with one attached hydrogen (secondary N) is 1. The third-order valence-corrected chi connectivity index (χ3v) is 4.06. The lowest BCUT2D eigenvalue weighted by atomic mass is 9.91. The average molecular weight is 259 g/mol. The van der Waals surface area contributed by atoms with Gasteiger partial charge in [0.05, 0.1) is 11.5 Å². The monoisotopic (exact) mass is 259 g/mol.